The van der Waals surface area contributed by atoms with E-state index >= 15 is 0 Å². The van der Waals surface area contributed by atoms with Crippen molar-refractivity contribution in [1.29, 1.82) is 0 Å². The molecule has 0 aromatic carbocycles. The van der Waals surface area contributed by atoms with Gasteiger partial charge in [0.25, 0.3) is 0 Å². The zero-order valence-electron chi connectivity index (χ0n) is 12.9. The van der Waals surface area contributed by atoms with Crippen molar-refractivity contribution >= 4 is 5.91 Å². The number of nitrogens with zero attached hydrogens (tertiary/aromatic N) is 6. The van der Waals surface area contributed by atoms with Gasteiger partial charge in [-0.3, -0.25) is 9.48 Å². The Labute approximate surface area is 134 Å². The third-order valence-corrected chi connectivity index (χ3v) is 4.62. The molecular formula is C15H20N6O2. The summed E-state index contributed by atoms with van der Waals surface area (Å²) in [5, 5.41) is 12.3. The lowest BCUT2D eigenvalue weighted by atomic mass is 10.00. The topological polar surface area (TPSA) is 78.1 Å². The van der Waals surface area contributed by atoms with E-state index in [4.69, 9.17) is 4.74 Å². The van der Waals surface area contributed by atoms with E-state index in [9.17, 15) is 4.79 Å². The molecule has 23 heavy (non-hydrogen) atoms. The lowest BCUT2D eigenvalue weighted by Gasteiger charge is -2.41. The van der Waals surface area contributed by atoms with Crippen LogP contribution in [0.5, 0.6) is 0 Å². The molecular weight excluding hydrogens is 296 g/mol. The van der Waals surface area contributed by atoms with E-state index in [-0.39, 0.29) is 18.1 Å². The number of hydrogen-bond donors (Lipinski definition) is 0. The van der Waals surface area contributed by atoms with Crippen LogP contribution in [0.15, 0.2) is 24.7 Å². The summed E-state index contributed by atoms with van der Waals surface area (Å²) in [7, 11) is 0. The fourth-order valence-corrected chi connectivity index (χ4v) is 3.39. The van der Waals surface area contributed by atoms with Gasteiger partial charge in [0.2, 0.25) is 5.91 Å². The first kappa shape index (κ1) is 14.4. The van der Waals surface area contributed by atoms with Gasteiger partial charge >= 0.3 is 0 Å². The highest BCUT2D eigenvalue weighted by Crippen LogP contribution is 2.30. The van der Waals surface area contributed by atoms with E-state index in [0.717, 1.165) is 31.6 Å². The van der Waals surface area contributed by atoms with Gasteiger partial charge in [-0.1, -0.05) is 5.21 Å². The van der Waals surface area contributed by atoms with Crippen LogP contribution in [0.2, 0.25) is 0 Å². The first-order valence-electron chi connectivity index (χ1n) is 8.07. The van der Waals surface area contributed by atoms with Gasteiger partial charge in [0.1, 0.15) is 0 Å². The van der Waals surface area contributed by atoms with E-state index < -0.39 is 0 Å². The number of carbonyl (C=O) groups excluding carboxylic acids is 1. The van der Waals surface area contributed by atoms with Crippen molar-refractivity contribution in [2.24, 2.45) is 0 Å². The van der Waals surface area contributed by atoms with Crippen LogP contribution < -0.4 is 0 Å². The van der Waals surface area contributed by atoms with Crippen LogP contribution >= 0.6 is 0 Å². The maximum atomic E-state index is 12.5. The summed E-state index contributed by atoms with van der Waals surface area (Å²) in [5.74, 6) is 0.197. The fourth-order valence-electron chi connectivity index (χ4n) is 3.39. The molecule has 0 aliphatic carbocycles. The maximum absolute atomic E-state index is 12.5. The molecule has 8 nitrogen and oxygen atoms in total. The fraction of sp³-hybridized carbons (Fsp3) is 0.600. The Hall–Kier alpha value is -2.22. The van der Waals surface area contributed by atoms with E-state index in [1.54, 1.807) is 12.4 Å². The number of hydrogen-bond acceptors (Lipinski definition) is 5. The van der Waals surface area contributed by atoms with Crippen LogP contribution in [-0.2, 0) is 22.7 Å². The molecule has 2 aromatic rings. The predicted octanol–water partition coefficient (Wildman–Crippen LogP) is 0.627. The van der Waals surface area contributed by atoms with Gasteiger partial charge < -0.3 is 9.64 Å². The van der Waals surface area contributed by atoms with Crippen molar-refractivity contribution in [2.45, 2.75) is 44.6 Å². The number of aromatic nitrogens is 5. The van der Waals surface area contributed by atoms with Crippen molar-refractivity contribution in [3.8, 4) is 0 Å². The highest BCUT2D eigenvalue weighted by Gasteiger charge is 2.37. The molecule has 0 N–H and O–H groups in total. The van der Waals surface area contributed by atoms with Gasteiger partial charge in [-0.05, 0) is 18.9 Å². The Morgan fingerprint density at radius 3 is 3.26 bits per heavy atom. The molecule has 1 fully saturated rings. The molecule has 1 amide bonds. The van der Waals surface area contributed by atoms with Gasteiger partial charge in [0.05, 0.1) is 30.6 Å². The Morgan fingerprint density at radius 1 is 1.43 bits per heavy atom. The number of rotatable bonds is 4. The lowest BCUT2D eigenvalue weighted by Crippen LogP contribution is -2.49. The van der Waals surface area contributed by atoms with Gasteiger partial charge in [-0.2, -0.15) is 5.10 Å². The van der Waals surface area contributed by atoms with E-state index in [1.807, 2.05) is 26.5 Å². The van der Waals surface area contributed by atoms with Crippen LogP contribution in [0, 0.1) is 0 Å². The number of aryl methyl sites for hydroxylation is 1. The molecule has 4 heterocycles. The normalized spacial score (nSPS) is 23.4. The monoisotopic (exact) mass is 316 g/mol. The predicted molar refractivity (Wildman–Crippen MR) is 80.3 cm³/mol. The molecule has 4 rings (SSSR count). The number of fused-ring (bicyclic) bond motifs is 3. The van der Waals surface area contributed by atoms with Crippen LogP contribution in [0.25, 0.3) is 0 Å². The summed E-state index contributed by atoms with van der Waals surface area (Å²) < 4.78 is 9.66. The van der Waals surface area contributed by atoms with Crippen molar-refractivity contribution in [2.75, 3.05) is 13.1 Å². The van der Waals surface area contributed by atoms with E-state index in [0.29, 0.717) is 19.6 Å². The van der Waals surface area contributed by atoms with Gasteiger partial charge in [0.15, 0.2) is 0 Å². The van der Waals surface area contributed by atoms with Crippen LogP contribution in [0.1, 0.15) is 31.0 Å². The lowest BCUT2D eigenvalue weighted by molar-refractivity contribution is -0.138. The minimum atomic E-state index is 0.0880. The van der Waals surface area contributed by atoms with Gasteiger partial charge in [-0.25, -0.2) is 4.68 Å². The molecule has 0 radical (unpaired) electrons. The molecule has 2 aromatic heterocycles. The molecule has 8 heteroatoms. The maximum Gasteiger partial charge on any atom is 0.222 e. The molecule has 122 valence electrons. The Balaban J connectivity index is 1.35. The van der Waals surface area contributed by atoms with Crippen LogP contribution in [0.3, 0.4) is 0 Å². The average Bonchev–Trinajstić information content (AvgIpc) is 3.25. The standard InChI is InChI=1S/C15H20N6O2/c22-15(3-1-6-20-7-2-5-17-20)19-8-4-14-13(10-19)21-12(11-23-14)9-16-18-21/h2,5,7,9,13-14H,1,3-4,6,8,10-11H2/t13-,14-/m0/s1. The molecule has 0 spiro atoms. The van der Waals surface area contributed by atoms with Crippen LogP contribution in [-0.4, -0.2) is 54.8 Å². The third-order valence-electron chi connectivity index (χ3n) is 4.62. The summed E-state index contributed by atoms with van der Waals surface area (Å²) in [6.45, 7) is 2.74. The highest BCUT2D eigenvalue weighted by molar-refractivity contribution is 5.76. The van der Waals surface area contributed by atoms with Crippen LogP contribution in [0.4, 0.5) is 0 Å². The molecule has 2 atom stereocenters. The number of piperidine rings is 1. The van der Waals surface area contributed by atoms with Crippen molar-refractivity contribution in [3.63, 3.8) is 0 Å². The molecule has 0 bridgehead atoms. The zero-order valence-corrected chi connectivity index (χ0v) is 12.9. The second kappa shape index (κ2) is 6.11. The smallest absolute Gasteiger partial charge is 0.222 e. The van der Waals surface area contributed by atoms with E-state index in [1.165, 1.54) is 0 Å². The minimum Gasteiger partial charge on any atom is -0.370 e. The summed E-state index contributed by atoms with van der Waals surface area (Å²) in [6, 6.07) is 1.98. The quantitative estimate of drug-likeness (QED) is 0.826. The molecule has 1 saturated heterocycles. The number of likely N-dealkylation sites (tertiary alicyclic amines) is 1. The largest absolute Gasteiger partial charge is 0.370 e. The Bertz CT molecular complexity index is 667. The van der Waals surface area contributed by atoms with Crippen molar-refractivity contribution in [1.82, 2.24) is 29.7 Å². The summed E-state index contributed by atoms with van der Waals surface area (Å²) in [4.78, 5) is 14.4. The molecule has 2 aliphatic heterocycles. The zero-order chi connectivity index (χ0) is 15.6. The van der Waals surface area contributed by atoms with Crippen molar-refractivity contribution in [3.05, 3.63) is 30.4 Å². The Morgan fingerprint density at radius 2 is 2.39 bits per heavy atom. The number of amides is 1. The molecule has 0 unspecified atom stereocenters. The SMILES string of the molecule is O=C(CCCn1cccn1)N1CC[C@@H]2OCc3cnnn3[C@H]2C1. The first-order chi connectivity index (χ1) is 11.3. The Kier molecular flexibility index (Phi) is 3.82. The second-order valence-electron chi connectivity index (χ2n) is 6.09. The third kappa shape index (κ3) is 2.86. The molecule has 0 saturated carbocycles. The number of carbonyl (C=O) groups is 1. The first-order valence-corrected chi connectivity index (χ1v) is 8.07. The van der Waals surface area contributed by atoms with Gasteiger partial charge in [-0.15, -0.1) is 5.10 Å². The van der Waals surface area contributed by atoms with Crippen molar-refractivity contribution < 1.29 is 9.53 Å². The molecule has 2 aliphatic rings. The average molecular weight is 316 g/mol. The summed E-state index contributed by atoms with van der Waals surface area (Å²) >= 11 is 0. The second-order valence-corrected chi connectivity index (χ2v) is 6.09. The summed E-state index contributed by atoms with van der Waals surface area (Å²) in [5.41, 5.74) is 0.985. The number of ether oxygens (including phenoxy) is 1. The summed E-state index contributed by atoms with van der Waals surface area (Å²) in [6.07, 6.45) is 7.75. The highest BCUT2D eigenvalue weighted by atomic mass is 16.5. The van der Waals surface area contributed by atoms with Gasteiger partial charge in [0, 0.05) is 38.4 Å². The van der Waals surface area contributed by atoms with E-state index in [2.05, 4.69) is 15.4 Å². The minimum absolute atomic E-state index is 0.0880.